The van der Waals surface area contributed by atoms with Crippen molar-refractivity contribution in [2.75, 3.05) is 0 Å². The van der Waals surface area contributed by atoms with E-state index in [1.54, 1.807) is 0 Å². The molecule has 0 saturated heterocycles. The summed E-state index contributed by atoms with van der Waals surface area (Å²) in [5.41, 5.74) is 0.695. The Morgan fingerprint density at radius 3 is 2.89 bits per heavy atom. The topological polar surface area (TPSA) is 63.6 Å². The van der Waals surface area contributed by atoms with Gasteiger partial charge in [0.1, 0.15) is 11.6 Å². The van der Waals surface area contributed by atoms with Crippen molar-refractivity contribution in [1.82, 2.24) is 0 Å². The number of alkyl halides is 1. The number of ketones is 1. The van der Waals surface area contributed by atoms with Crippen LogP contribution in [0.3, 0.4) is 0 Å². The quantitative estimate of drug-likeness (QED) is 0.683. The number of carbonyl (C=O) groups is 2. The van der Waals surface area contributed by atoms with Crippen molar-refractivity contribution in [2.24, 2.45) is 0 Å². The number of fused-ring (bicyclic) bond motifs is 1. The fraction of sp³-hybridized carbons (Fsp3) is 0.333. The average molecular weight is 317 g/mol. The predicted octanol–water partition coefficient (Wildman–Crippen LogP) is 1.94. The molecule has 0 fully saturated rings. The van der Waals surface area contributed by atoms with Gasteiger partial charge in [-0.3, -0.25) is 9.59 Å². The molecule has 0 aliphatic carbocycles. The van der Waals surface area contributed by atoms with Gasteiger partial charge in [0.2, 0.25) is 0 Å². The Bertz CT molecular complexity index is 503. The van der Waals surface area contributed by atoms with Crippen LogP contribution in [0.4, 0.5) is 4.39 Å². The highest BCUT2D eigenvalue weighted by molar-refractivity contribution is 9.10. The van der Waals surface area contributed by atoms with Crippen molar-refractivity contribution < 1.29 is 23.8 Å². The Labute approximate surface area is 111 Å². The Morgan fingerprint density at radius 1 is 1.50 bits per heavy atom. The molecule has 18 heavy (non-hydrogen) atoms. The highest BCUT2D eigenvalue weighted by Crippen LogP contribution is 2.29. The third kappa shape index (κ3) is 2.53. The van der Waals surface area contributed by atoms with Crippen LogP contribution in [-0.4, -0.2) is 27.8 Å². The molecular weight excluding hydrogens is 307 g/mol. The number of Topliss-reactive ketones (excluding diaryl/α,β-unsaturated/α-hetero) is 1. The lowest BCUT2D eigenvalue weighted by Crippen LogP contribution is -2.39. The Hall–Kier alpha value is -1.43. The molecule has 2 atom stereocenters. The van der Waals surface area contributed by atoms with E-state index in [2.05, 4.69) is 15.9 Å². The number of carboxylic acid groups (broad SMARTS) is 1. The first kappa shape index (κ1) is 13.0. The number of hydrogen-bond donors (Lipinski definition) is 1. The molecular formula is C12H10BrFO4. The van der Waals surface area contributed by atoms with Crippen LogP contribution in [0.25, 0.3) is 0 Å². The molecule has 0 spiro atoms. The van der Waals surface area contributed by atoms with Crippen LogP contribution in [0.2, 0.25) is 0 Å². The minimum Gasteiger partial charge on any atom is -0.482 e. The first-order valence-corrected chi connectivity index (χ1v) is 6.26. The molecule has 0 aromatic heterocycles. The molecule has 1 heterocycles. The van der Waals surface area contributed by atoms with E-state index in [9.17, 15) is 14.0 Å². The van der Waals surface area contributed by atoms with Crippen LogP contribution in [0.5, 0.6) is 5.75 Å². The van der Waals surface area contributed by atoms with Crippen LogP contribution >= 0.6 is 15.9 Å². The Morgan fingerprint density at radius 2 is 2.22 bits per heavy atom. The number of ether oxygens (including phenoxy) is 1. The lowest BCUT2D eigenvalue weighted by atomic mass is 9.98. The molecule has 2 unspecified atom stereocenters. The Balaban J connectivity index is 2.15. The summed E-state index contributed by atoms with van der Waals surface area (Å²) >= 11 is 2.81. The maximum Gasteiger partial charge on any atom is 0.325 e. The lowest BCUT2D eigenvalue weighted by molar-refractivity contribution is -0.141. The van der Waals surface area contributed by atoms with Crippen molar-refractivity contribution in [3.63, 3.8) is 0 Å². The van der Waals surface area contributed by atoms with Crippen molar-refractivity contribution in [1.29, 1.82) is 0 Å². The smallest absolute Gasteiger partial charge is 0.325 e. The molecule has 1 aromatic rings. The number of halogens is 2. The number of aryl methyl sites for hydroxylation is 1. The van der Waals surface area contributed by atoms with Gasteiger partial charge in [0.05, 0.1) is 0 Å². The number of hydrogen-bond acceptors (Lipinski definition) is 3. The fourth-order valence-electron chi connectivity index (χ4n) is 1.84. The average Bonchev–Trinajstić information content (AvgIpc) is 2.36. The summed E-state index contributed by atoms with van der Waals surface area (Å²) in [6.45, 7) is 0. The maximum atomic E-state index is 13.0. The van der Waals surface area contributed by atoms with Crippen molar-refractivity contribution >= 4 is 27.7 Å². The van der Waals surface area contributed by atoms with Crippen LogP contribution in [0.15, 0.2) is 18.2 Å². The number of aliphatic carboxylic acids is 1. The van der Waals surface area contributed by atoms with Crippen LogP contribution in [0.1, 0.15) is 12.0 Å². The van der Waals surface area contributed by atoms with E-state index in [-0.39, 0.29) is 5.82 Å². The van der Waals surface area contributed by atoms with Gasteiger partial charge in [-0.1, -0.05) is 15.9 Å². The van der Waals surface area contributed by atoms with E-state index in [1.165, 1.54) is 18.2 Å². The predicted molar refractivity (Wildman–Crippen MR) is 64.5 cm³/mol. The van der Waals surface area contributed by atoms with Crippen molar-refractivity contribution in [3.8, 4) is 5.75 Å². The van der Waals surface area contributed by atoms with E-state index in [0.717, 1.165) is 0 Å². The van der Waals surface area contributed by atoms with E-state index in [4.69, 9.17) is 9.84 Å². The highest BCUT2D eigenvalue weighted by atomic mass is 79.9. The summed E-state index contributed by atoms with van der Waals surface area (Å²) in [6, 6.07) is 4.06. The molecule has 0 radical (unpaired) electrons. The third-order valence-corrected chi connectivity index (χ3v) is 3.59. The lowest BCUT2D eigenvalue weighted by Gasteiger charge is -2.25. The minimum atomic E-state index is -1.27. The first-order chi connectivity index (χ1) is 8.49. The second-order valence-electron chi connectivity index (χ2n) is 4.00. The number of carbonyl (C=O) groups excluding carboxylic acids is 1. The SMILES string of the molecule is O=C(O)C(Br)C(=O)C1CCc2cc(F)ccc2O1. The molecule has 1 aliphatic rings. The zero-order chi connectivity index (χ0) is 13.3. The van der Waals surface area contributed by atoms with E-state index >= 15 is 0 Å². The van der Waals surface area contributed by atoms with E-state index in [1.807, 2.05) is 0 Å². The second-order valence-corrected chi connectivity index (χ2v) is 4.92. The fourth-order valence-corrected chi connectivity index (χ4v) is 2.14. The molecule has 0 amide bonds. The van der Waals surface area contributed by atoms with Gasteiger partial charge >= 0.3 is 5.97 Å². The molecule has 1 aromatic carbocycles. The summed E-state index contributed by atoms with van der Waals surface area (Å²) in [5, 5.41) is 8.74. The molecule has 0 bridgehead atoms. The van der Waals surface area contributed by atoms with Crippen molar-refractivity contribution in [2.45, 2.75) is 23.8 Å². The molecule has 4 nitrogen and oxygen atoms in total. The summed E-state index contributed by atoms with van der Waals surface area (Å²) in [7, 11) is 0. The summed E-state index contributed by atoms with van der Waals surface area (Å²) in [4.78, 5) is 21.2. The first-order valence-electron chi connectivity index (χ1n) is 5.34. The van der Waals surface area contributed by atoms with Crippen LogP contribution < -0.4 is 4.74 Å². The van der Waals surface area contributed by atoms with Crippen molar-refractivity contribution in [3.05, 3.63) is 29.6 Å². The van der Waals surface area contributed by atoms with Gasteiger partial charge < -0.3 is 9.84 Å². The maximum absolute atomic E-state index is 13.0. The van der Waals surface area contributed by atoms with Gasteiger partial charge in [-0.2, -0.15) is 0 Å². The summed E-state index contributed by atoms with van der Waals surface area (Å²) in [6.07, 6.45) is 0.0384. The normalized spacial score (nSPS) is 19.6. The largest absolute Gasteiger partial charge is 0.482 e. The summed E-state index contributed by atoms with van der Waals surface area (Å²) < 4.78 is 18.4. The molecule has 1 aliphatic heterocycles. The monoisotopic (exact) mass is 316 g/mol. The highest BCUT2D eigenvalue weighted by Gasteiger charge is 2.33. The number of carboxylic acids is 1. The zero-order valence-electron chi connectivity index (χ0n) is 9.23. The van der Waals surface area contributed by atoms with Gasteiger partial charge in [-0.15, -0.1) is 0 Å². The zero-order valence-corrected chi connectivity index (χ0v) is 10.8. The number of benzene rings is 1. The standard InChI is InChI=1S/C12H10BrFO4/c13-10(12(16)17)11(15)9-3-1-6-5-7(14)2-4-8(6)18-9/h2,4-5,9-10H,1,3H2,(H,16,17). The minimum absolute atomic E-state index is 0.352. The van der Waals surface area contributed by atoms with E-state index < -0.39 is 22.7 Å². The van der Waals surface area contributed by atoms with Gasteiger partial charge in [-0.25, -0.2) is 4.39 Å². The molecule has 0 saturated carbocycles. The molecule has 1 N–H and O–H groups in total. The molecule has 6 heteroatoms. The number of rotatable bonds is 3. The van der Waals surface area contributed by atoms with Gasteiger partial charge in [0, 0.05) is 0 Å². The van der Waals surface area contributed by atoms with Gasteiger partial charge in [-0.05, 0) is 36.6 Å². The van der Waals surface area contributed by atoms with Crippen LogP contribution in [0, 0.1) is 5.82 Å². The Kier molecular flexibility index (Phi) is 3.65. The molecule has 96 valence electrons. The third-order valence-electron chi connectivity index (χ3n) is 2.75. The second kappa shape index (κ2) is 5.06. The van der Waals surface area contributed by atoms with Crippen LogP contribution in [-0.2, 0) is 16.0 Å². The van der Waals surface area contributed by atoms with E-state index in [0.29, 0.717) is 24.2 Å². The molecule has 2 rings (SSSR count). The summed E-state index contributed by atoms with van der Waals surface area (Å²) in [5.74, 6) is -1.69. The van der Waals surface area contributed by atoms with Gasteiger partial charge in [0.25, 0.3) is 0 Å². The van der Waals surface area contributed by atoms with Gasteiger partial charge in [0.15, 0.2) is 16.7 Å².